The first-order valence-corrected chi connectivity index (χ1v) is 28.0. The molecule has 0 bridgehead atoms. The molecule has 0 saturated carbocycles. The van der Waals surface area contributed by atoms with Crippen molar-refractivity contribution < 1.29 is 0 Å². The van der Waals surface area contributed by atoms with E-state index in [4.69, 9.17) is 9.97 Å². The van der Waals surface area contributed by atoms with E-state index in [0.29, 0.717) is 0 Å². The summed E-state index contributed by atoms with van der Waals surface area (Å²) in [5.41, 5.74) is 26.7. The molecule has 0 amide bonds. The molecule has 0 fully saturated rings. The van der Waals surface area contributed by atoms with E-state index in [9.17, 15) is 0 Å². The number of fused-ring (bicyclic) bond motifs is 26. The van der Waals surface area contributed by atoms with Crippen molar-refractivity contribution in [1.29, 1.82) is 0 Å². The molecule has 0 atom stereocenters. The molecule has 12 aromatic carbocycles. The van der Waals surface area contributed by atoms with Crippen molar-refractivity contribution in [1.82, 2.24) is 37.0 Å². The molecule has 0 N–H and O–H groups in total. The Hall–Kier alpha value is -11.2. The molecule has 19 rings (SSSR count). The molecule has 0 radical (unpaired) electrons. The largest absolute Gasteiger partial charge is 0.307 e. The number of aromatic nitrogens is 8. The van der Waals surface area contributed by atoms with E-state index in [0.717, 1.165) is 111 Å². The lowest BCUT2D eigenvalue weighted by molar-refractivity contribution is 1.11. The van der Waals surface area contributed by atoms with Gasteiger partial charge in [0.2, 0.25) is 11.6 Å². The summed E-state index contributed by atoms with van der Waals surface area (Å²) in [4.78, 5) is 11.5. The van der Waals surface area contributed by atoms with Gasteiger partial charge in [-0.3, -0.25) is 17.9 Å². The van der Waals surface area contributed by atoms with Gasteiger partial charge < -0.3 is 9.13 Å². The summed E-state index contributed by atoms with van der Waals surface area (Å²) in [7, 11) is 0. The van der Waals surface area contributed by atoms with Gasteiger partial charge in [0.15, 0.2) is 0 Å². The molecule has 0 saturated heterocycles. The highest BCUT2D eigenvalue weighted by molar-refractivity contribution is 6.20. The van der Waals surface area contributed by atoms with Gasteiger partial charge in [-0.2, -0.15) is 0 Å². The van der Waals surface area contributed by atoms with Crippen LogP contribution in [-0.4, -0.2) is 37.0 Å². The van der Waals surface area contributed by atoms with Gasteiger partial charge in [-0.25, -0.2) is 9.97 Å². The summed E-state index contributed by atoms with van der Waals surface area (Å²) in [5, 5.41) is 4.66. The molecule has 6 aromatic heterocycles. The zero-order valence-corrected chi connectivity index (χ0v) is 44.0. The summed E-state index contributed by atoms with van der Waals surface area (Å²) in [5.74, 6) is 1.72. The smallest absolute Gasteiger partial charge is 0.220 e. The van der Waals surface area contributed by atoms with Crippen LogP contribution >= 0.6 is 0 Å². The first-order chi connectivity index (χ1) is 40.7. The Morgan fingerprint density at radius 2 is 0.573 bits per heavy atom. The first kappa shape index (κ1) is 43.7. The van der Waals surface area contributed by atoms with Crippen LogP contribution in [0.25, 0.3) is 167 Å². The fraction of sp³-hybridized carbons (Fsp3) is 0. The second kappa shape index (κ2) is 16.2. The number of nitrogens with zero attached hydrogens (tertiary/aromatic N) is 8. The van der Waals surface area contributed by atoms with Crippen LogP contribution < -0.4 is 0 Å². The highest BCUT2D eigenvalue weighted by atomic mass is 15.2. The summed E-state index contributed by atoms with van der Waals surface area (Å²) in [6, 6.07) is 97.3. The normalized spacial score (nSPS) is 12.4. The van der Waals surface area contributed by atoms with Gasteiger partial charge in [0.25, 0.3) is 0 Å². The maximum atomic E-state index is 5.84. The van der Waals surface area contributed by atoms with Crippen LogP contribution in [0.15, 0.2) is 267 Å². The van der Waals surface area contributed by atoms with Crippen LogP contribution in [0.1, 0.15) is 0 Å². The Balaban J connectivity index is 0.890. The van der Waals surface area contributed by atoms with Gasteiger partial charge in [0.1, 0.15) is 11.0 Å². The quantitative estimate of drug-likeness (QED) is 0.176. The van der Waals surface area contributed by atoms with Gasteiger partial charge in [-0.15, -0.1) is 0 Å². The Labute approximate surface area is 468 Å². The lowest BCUT2D eigenvalue weighted by Gasteiger charge is -2.24. The molecule has 82 heavy (non-hydrogen) atoms. The van der Waals surface area contributed by atoms with Gasteiger partial charge in [0.05, 0.1) is 55.2 Å². The van der Waals surface area contributed by atoms with Crippen LogP contribution in [0.4, 0.5) is 0 Å². The van der Waals surface area contributed by atoms with Gasteiger partial charge in [-0.1, -0.05) is 164 Å². The van der Waals surface area contributed by atoms with E-state index in [2.05, 4.69) is 294 Å². The standard InChI is InChI=1S/C74H44N8/c1-3-19-45(20-4-1)79-63-33-17-18-34-64(63)81-66-41-38-59-57-30-14-16-32-62(57)78(72(59)69(66)75-73(79)81)48-36-40-65-68(44-48)82-67-42-39-58-56-29-13-15-31-61(56)77(71(58)70(67)76-74(82)80(65)46-21-5-2-6-22-46)47-35-37-55-53-27-10-9-25-51(53)49-23-7-8-24-50(49)52-26-11-12-28-54(52)60(55)43-47/h1-44H. The van der Waals surface area contributed by atoms with Crippen LogP contribution in [0.5, 0.6) is 0 Å². The van der Waals surface area contributed by atoms with E-state index < -0.39 is 0 Å². The predicted octanol–water partition coefficient (Wildman–Crippen LogP) is 18.4. The van der Waals surface area contributed by atoms with Crippen LogP contribution in [0, 0.1) is 0 Å². The van der Waals surface area contributed by atoms with Gasteiger partial charge in [0, 0.05) is 44.3 Å². The summed E-state index contributed by atoms with van der Waals surface area (Å²) in [6.45, 7) is 0. The molecule has 1 aliphatic carbocycles. The molecule has 8 nitrogen and oxygen atoms in total. The number of hydrogen-bond donors (Lipinski definition) is 0. The van der Waals surface area contributed by atoms with E-state index in [1.807, 2.05) is 0 Å². The molecule has 18 aromatic rings. The Bertz CT molecular complexity index is 5760. The third-order valence-corrected chi connectivity index (χ3v) is 17.6. The molecule has 6 heterocycles. The maximum absolute atomic E-state index is 5.84. The van der Waals surface area contributed by atoms with Crippen LogP contribution in [-0.2, 0) is 0 Å². The van der Waals surface area contributed by atoms with Crippen LogP contribution in [0.2, 0.25) is 0 Å². The Kier molecular flexibility index (Phi) is 8.63. The lowest BCUT2D eigenvalue weighted by atomic mass is 9.81. The molecule has 8 heteroatoms. The molecule has 0 aliphatic heterocycles. The summed E-state index contributed by atoms with van der Waals surface area (Å²) >= 11 is 0. The average Bonchev–Trinajstić information content (AvgIpc) is 2.97. The topological polar surface area (TPSA) is 54.3 Å². The van der Waals surface area contributed by atoms with E-state index in [1.54, 1.807) is 0 Å². The Morgan fingerprint density at radius 1 is 0.207 bits per heavy atom. The van der Waals surface area contributed by atoms with Crippen molar-refractivity contribution in [2.45, 2.75) is 0 Å². The van der Waals surface area contributed by atoms with E-state index >= 15 is 0 Å². The van der Waals surface area contributed by atoms with Crippen molar-refractivity contribution in [2.75, 3.05) is 0 Å². The molecule has 380 valence electrons. The van der Waals surface area contributed by atoms with E-state index in [1.165, 1.54) is 55.3 Å². The monoisotopic (exact) mass is 1040 g/mol. The number of imidazole rings is 4. The molecular formula is C74H44N8. The number of hydrogen-bond acceptors (Lipinski definition) is 2. The average molecular weight is 1050 g/mol. The fourth-order valence-electron chi connectivity index (χ4n) is 14.2. The highest BCUT2D eigenvalue weighted by Gasteiger charge is 2.28. The maximum Gasteiger partial charge on any atom is 0.220 e. The zero-order chi connectivity index (χ0) is 53.3. The molecule has 0 unspecified atom stereocenters. The third kappa shape index (κ3) is 5.73. The second-order valence-electron chi connectivity index (χ2n) is 21.7. The molecular weight excluding hydrogens is 1000 g/mol. The number of rotatable bonds is 4. The predicted molar refractivity (Wildman–Crippen MR) is 337 cm³/mol. The van der Waals surface area contributed by atoms with Gasteiger partial charge >= 0.3 is 0 Å². The summed E-state index contributed by atoms with van der Waals surface area (Å²) in [6.07, 6.45) is 0. The first-order valence-electron chi connectivity index (χ1n) is 28.0. The minimum Gasteiger partial charge on any atom is -0.307 e. The fourth-order valence-corrected chi connectivity index (χ4v) is 14.2. The second-order valence-corrected chi connectivity index (χ2v) is 21.7. The number of para-hydroxylation sites is 6. The van der Waals surface area contributed by atoms with Crippen LogP contribution in [0.3, 0.4) is 0 Å². The van der Waals surface area contributed by atoms with Crippen molar-refractivity contribution in [2.24, 2.45) is 0 Å². The van der Waals surface area contributed by atoms with Crippen molar-refractivity contribution in [3.05, 3.63) is 267 Å². The van der Waals surface area contributed by atoms with Crippen molar-refractivity contribution >= 4 is 99.3 Å². The summed E-state index contributed by atoms with van der Waals surface area (Å²) < 4.78 is 14.2. The molecule has 0 spiro atoms. The van der Waals surface area contributed by atoms with Gasteiger partial charge in [-0.05, 0) is 148 Å². The highest BCUT2D eigenvalue weighted by Crippen LogP contribution is 2.49. The SMILES string of the molecule is c1ccc(-n2c3ccccc3n3c4ccc5c6ccccc6n(-c6ccc7c(c6)n6c8ccc9c%10ccccc%10n(-c%10ccc%11c(c%10)-c%10ccccc%10-c%10ccccc%10-c%10ccccc%10-%11)c9c8nc6n7-c6ccccc6)c5c4nc23)cc1. The van der Waals surface area contributed by atoms with E-state index in [-0.39, 0.29) is 0 Å². The third-order valence-electron chi connectivity index (χ3n) is 17.6. The van der Waals surface area contributed by atoms with Crippen molar-refractivity contribution in [3.63, 3.8) is 0 Å². The van der Waals surface area contributed by atoms with Crippen molar-refractivity contribution in [3.8, 4) is 67.3 Å². The number of benzene rings is 12. The minimum atomic E-state index is 0.842. The zero-order valence-electron chi connectivity index (χ0n) is 44.0. The minimum absolute atomic E-state index is 0.842. The molecule has 1 aliphatic rings. The Morgan fingerprint density at radius 3 is 1.09 bits per heavy atom. The lowest BCUT2D eigenvalue weighted by Crippen LogP contribution is -2.00.